The van der Waals surface area contributed by atoms with Gasteiger partial charge in [0.25, 0.3) is 0 Å². The van der Waals surface area contributed by atoms with E-state index in [1.54, 1.807) is 30.3 Å². The Morgan fingerprint density at radius 1 is 1.25 bits per heavy atom. The fourth-order valence-electron chi connectivity index (χ4n) is 2.73. The SMILES string of the molecule is CC[C@H]1Sc2ccc(S(=O)(=O)CCC(=O)Nc3cccc(Cl)c3)cc2NC1=O. The average molecular weight is 439 g/mol. The maximum Gasteiger partial charge on any atom is 0.237 e. The topological polar surface area (TPSA) is 92.3 Å². The lowest BCUT2D eigenvalue weighted by Gasteiger charge is -2.23. The predicted octanol–water partition coefficient (Wildman–Crippen LogP) is 3.97. The van der Waals surface area contributed by atoms with Gasteiger partial charge in [-0.15, -0.1) is 11.8 Å². The predicted molar refractivity (Wildman–Crippen MR) is 112 cm³/mol. The number of sulfone groups is 1. The first kappa shape index (κ1) is 20.7. The maximum atomic E-state index is 12.6. The molecule has 0 bridgehead atoms. The number of nitrogens with one attached hydrogen (secondary N) is 2. The van der Waals surface area contributed by atoms with Crippen LogP contribution in [0.4, 0.5) is 11.4 Å². The summed E-state index contributed by atoms with van der Waals surface area (Å²) in [5, 5.41) is 5.69. The average Bonchev–Trinajstić information content (AvgIpc) is 2.65. The lowest BCUT2D eigenvalue weighted by Crippen LogP contribution is -2.28. The highest BCUT2D eigenvalue weighted by Crippen LogP contribution is 2.38. The molecule has 9 heteroatoms. The molecule has 0 aliphatic carbocycles. The van der Waals surface area contributed by atoms with Crippen LogP contribution in [0.15, 0.2) is 52.3 Å². The van der Waals surface area contributed by atoms with Crippen LogP contribution in [0.25, 0.3) is 0 Å². The number of thioether (sulfide) groups is 1. The molecule has 0 fully saturated rings. The minimum Gasteiger partial charge on any atom is -0.326 e. The lowest BCUT2D eigenvalue weighted by atomic mass is 10.2. The third-order valence-electron chi connectivity index (χ3n) is 4.21. The molecule has 2 aromatic rings. The van der Waals surface area contributed by atoms with Crippen molar-refractivity contribution in [2.24, 2.45) is 0 Å². The Morgan fingerprint density at radius 2 is 2.04 bits per heavy atom. The molecule has 0 saturated heterocycles. The second-order valence-electron chi connectivity index (χ2n) is 6.29. The number of hydrogen-bond acceptors (Lipinski definition) is 5. The summed E-state index contributed by atoms with van der Waals surface area (Å²) in [6, 6.07) is 11.3. The molecular weight excluding hydrogens is 420 g/mol. The van der Waals surface area contributed by atoms with Crippen molar-refractivity contribution in [3.05, 3.63) is 47.5 Å². The van der Waals surface area contributed by atoms with Crippen LogP contribution in [0.3, 0.4) is 0 Å². The molecule has 0 unspecified atom stereocenters. The summed E-state index contributed by atoms with van der Waals surface area (Å²) >= 11 is 7.29. The Morgan fingerprint density at radius 3 is 2.75 bits per heavy atom. The second-order valence-corrected chi connectivity index (χ2v) is 10.1. The Balaban J connectivity index is 1.67. The Labute approximate surface area is 173 Å². The second kappa shape index (κ2) is 8.55. The molecule has 0 aromatic heterocycles. The van der Waals surface area contributed by atoms with Gasteiger partial charge in [-0.2, -0.15) is 0 Å². The van der Waals surface area contributed by atoms with Crippen molar-refractivity contribution in [2.45, 2.75) is 34.8 Å². The molecule has 1 heterocycles. The smallest absolute Gasteiger partial charge is 0.237 e. The van der Waals surface area contributed by atoms with Crippen LogP contribution in [0.5, 0.6) is 0 Å². The highest BCUT2D eigenvalue weighted by atomic mass is 35.5. The highest BCUT2D eigenvalue weighted by Gasteiger charge is 2.27. The standard InChI is InChI=1S/C19H19ClN2O4S2/c1-2-16-19(24)22-15-11-14(6-7-17(15)27-16)28(25,26)9-8-18(23)21-13-5-3-4-12(20)10-13/h3-7,10-11,16H,2,8-9H2,1H3,(H,21,23)(H,22,24)/t16-/m1/s1. The van der Waals surface area contributed by atoms with Gasteiger partial charge in [0.1, 0.15) is 0 Å². The van der Waals surface area contributed by atoms with Crippen LogP contribution < -0.4 is 10.6 Å². The molecule has 1 atom stereocenters. The Hall–Kier alpha value is -2.03. The summed E-state index contributed by atoms with van der Waals surface area (Å²) in [7, 11) is -3.67. The number of benzene rings is 2. The van der Waals surface area contributed by atoms with E-state index in [4.69, 9.17) is 11.6 Å². The quantitative estimate of drug-likeness (QED) is 0.712. The molecule has 1 aliphatic heterocycles. The van der Waals surface area contributed by atoms with Gasteiger partial charge in [0.05, 0.1) is 21.6 Å². The van der Waals surface area contributed by atoms with Gasteiger partial charge in [0.2, 0.25) is 11.8 Å². The minimum absolute atomic E-state index is 0.0812. The van der Waals surface area contributed by atoms with Crippen molar-refractivity contribution >= 4 is 56.4 Å². The zero-order valence-corrected chi connectivity index (χ0v) is 17.5. The van der Waals surface area contributed by atoms with Gasteiger partial charge in [-0.3, -0.25) is 9.59 Å². The van der Waals surface area contributed by atoms with Gasteiger partial charge in [-0.1, -0.05) is 24.6 Å². The van der Waals surface area contributed by atoms with Crippen LogP contribution in [0.2, 0.25) is 5.02 Å². The van der Waals surface area contributed by atoms with E-state index >= 15 is 0 Å². The van der Waals surface area contributed by atoms with Gasteiger partial charge >= 0.3 is 0 Å². The molecule has 2 N–H and O–H groups in total. The summed E-state index contributed by atoms with van der Waals surface area (Å²) in [6.45, 7) is 1.93. The molecule has 0 spiro atoms. The van der Waals surface area contributed by atoms with Gasteiger partial charge in [-0.05, 0) is 42.8 Å². The van der Waals surface area contributed by atoms with Crippen molar-refractivity contribution in [3.63, 3.8) is 0 Å². The summed E-state index contributed by atoms with van der Waals surface area (Å²) in [4.78, 5) is 25.0. The molecule has 28 heavy (non-hydrogen) atoms. The molecule has 2 amide bonds. The lowest BCUT2D eigenvalue weighted by molar-refractivity contribution is -0.116. The van der Waals surface area contributed by atoms with Crippen LogP contribution >= 0.6 is 23.4 Å². The normalized spacial score (nSPS) is 16.2. The van der Waals surface area contributed by atoms with E-state index in [0.29, 0.717) is 22.8 Å². The molecule has 1 aliphatic rings. The molecule has 148 valence electrons. The summed E-state index contributed by atoms with van der Waals surface area (Å²) < 4.78 is 25.2. The number of anilines is 2. The fourth-order valence-corrected chi connectivity index (χ4v) is 5.20. The van der Waals surface area contributed by atoms with Gasteiger partial charge in [0, 0.05) is 22.0 Å². The van der Waals surface area contributed by atoms with Crippen molar-refractivity contribution in [1.29, 1.82) is 0 Å². The van der Waals surface area contributed by atoms with Crippen LogP contribution in [-0.2, 0) is 19.4 Å². The number of carbonyl (C=O) groups is 2. The first-order valence-corrected chi connectivity index (χ1v) is 11.6. The van der Waals surface area contributed by atoms with Crippen molar-refractivity contribution in [2.75, 3.05) is 16.4 Å². The minimum atomic E-state index is -3.67. The zero-order valence-electron chi connectivity index (χ0n) is 15.1. The Kier molecular flexibility index (Phi) is 6.32. The fraction of sp³-hybridized carbons (Fsp3) is 0.263. The zero-order chi connectivity index (χ0) is 20.3. The van der Waals surface area contributed by atoms with Crippen molar-refractivity contribution < 1.29 is 18.0 Å². The van der Waals surface area contributed by atoms with Crippen molar-refractivity contribution in [3.8, 4) is 0 Å². The van der Waals surface area contributed by atoms with Gasteiger partial charge in [0.15, 0.2) is 9.84 Å². The molecular formula is C19H19ClN2O4S2. The van der Waals surface area contributed by atoms with E-state index in [9.17, 15) is 18.0 Å². The van der Waals surface area contributed by atoms with Gasteiger partial charge < -0.3 is 10.6 Å². The maximum absolute atomic E-state index is 12.6. The third kappa shape index (κ3) is 4.87. The summed E-state index contributed by atoms with van der Waals surface area (Å²) in [6.07, 6.45) is 0.503. The number of fused-ring (bicyclic) bond motifs is 1. The van der Waals surface area contributed by atoms with E-state index in [1.807, 2.05) is 6.92 Å². The molecule has 0 radical (unpaired) electrons. The van der Waals surface area contributed by atoms with Crippen LogP contribution in [0.1, 0.15) is 19.8 Å². The Bertz CT molecular complexity index is 1020. The highest BCUT2D eigenvalue weighted by molar-refractivity contribution is 8.01. The number of carbonyl (C=O) groups excluding carboxylic acids is 2. The monoisotopic (exact) mass is 438 g/mol. The van der Waals surface area contributed by atoms with E-state index in [0.717, 1.165) is 4.90 Å². The molecule has 2 aromatic carbocycles. The first-order valence-electron chi connectivity index (χ1n) is 8.68. The number of halogens is 1. The summed E-state index contributed by atoms with van der Waals surface area (Å²) in [5.74, 6) is -0.884. The van der Waals surface area contributed by atoms with E-state index in [2.05, 4.69) is 10.6 Å². The number of rotatable bonds is 6. The van der Waals surface area contributed by atoms with E-state index in [-0.39, 0.29) is 28.2 Å². The largest absolute Gasteiger partial charge is 0.326 e. The molecule has 3 rings (SSSR count). The third-order valence-corrected chi connectivity index (χ3v) is 7.60. The number of hydrogen-bond donors (Lipinski definition) is 2. The van der Waals surface area contributed by atoms with Gasteiger partial charge in [-0.25, -0.2) is 8.42 Å². The first-order chi connectivity index (χ1) is 13.3. The van der Waals surface area contributed by atoms with Crippen LogP contribution in [0, 0.1) is 0 Å². The van der Waals surface area contributed by atoms with Crippen LogP contribution in [-0.4, -0.2) is 31.2 Å². The molecule has 0 saturated carbocycles. The molecule has 6 nitrogen and oxygen atoms in total. The van der Waals surface area contributed by atoms with Crippen molar-refractivity contribution in [1.82, 2.24) is 0 Å². The summed E-state index contributed by atoms with van der Waals surface area (Å²) in [5.41, 5.74) is 0.998. The van der Waals surface area contributed by atoms with E-state index in [1.165, 1.54) is 23.9 Å². The number of amides is 2. The van der Waals surface area contributed by atoms with E-state index < -0.39 is 15.7 Å².